The Morgan fingerprint density at radius 2 is 1.87 bits per heavy atom. The second kappa shape index (κ2) is 6.71. The third kappa shape index (κ3) is 4.10. The first-order valence-corrected chi connectivity index (χ1v) is 8.43. The number of nitrogens with zero attached hydrogens (tertiary/aromatic N) is 1. The van der Waals surface area contributed by atoms with Crippen LogP contribution < -0.4 is 5.32 Å². The first-order valence-electron chi connectivity index (χ1n) is 8.43. The fourth-order valence-corrected chi connectivity index (χ4v) is 3.50. The number of benzene rings is 1. The Labute approximate surface area is 136 Å². The van der Waals surface area contributed by atoms with E-state index in [2.05, 4.69) is 5.32 Å². The van der Waals surface area contributed by atoms with Gasteiger partial charge in [-0.05, 0) is 37.0 Å². The number of rotatable bonds is 5. The standard InChI is InChI=1S/C18H24N2O3/c21-16(12-18(23)9-1-2-10-18)19-15-7-5-14(6-8-15)13-20-11-3-4-17(20)22/h5-8,23H,1-4,9-13H2,(H,19,21). The van der Waals surface area contributed by atoms with Gasteiger partial charge in [-0.2, -0.15) is 0 Å². The minimum Gasteiger partial charge on any atom is -0.389 e. The van der Waals surface area contributed by atoms with Crippen LogP contribution in [-0.2, 0) is 16.1 Å². The Bertz CT molecular complexity index is 576. The summed E-state index contributed by atoms with van der Waals surface area (Å²) in [6.07, 6.45) is 5.16. The molecule has 2 amide bonds. The monoisotopic (exact) mass is 316 g/mol. The predicted octanol–water partition coefficient (Wildman–Crippen LogP) is 2.44. The molecule has 0 spiro atoms. The van der Waals surface area contributed by atoms with E-state index in [4.69, 9.17) is 0 Å². The van der Waals surface area contributed by atoms with Crippen molar-refractivity contribution < 1.29 is 14.7 Å². The number of hydrogen-bond acceptors (Lipinski definition) is 3. The summed E-state index contributed by atoms with van der Waals surface area (Å²) in [5.41, 5.74) is 0.973. The van der Waals surface area contributed by atoms with E-state index in [0.29, 0.717) is 25.8 Å². The average Bonchev–Trinajstić information content (AvgIpc) is 3.10. The van der Waals surface area contributed by atoms with Gasteiger partial charge in [0, 0.05) is 25.2 Å². The molecule has 5 nitrogen and oxygen atoms in total. The fourth-order valence-electron chi connectivity index (χ4n) is 3.50. The lowest BCUT2D eigenvalue weighted by Crippen LogP contribution is -2.30. The highest BCUT2D eigenvalue weighted by atomic mass is 16.3. The molecule has 2 aliphatic rings. The third-order valence-electron chi connectivity index (χ3n) is 4.81. The van der Waals surface area contributed by atoms with E-state index in [1.165, 1.54) is 0 Å². The molecule has 2 N–H and O–H groups in total. The SMILES string of the molecule is O=C(CC1(O)CCCC1)Nc1ccc(CN2CCCC2=O)cc1. The van der Waals surface area contributed by atoms with E-state index in [-0.39, 0.29) is 18.2 Å². The number of amides is 2. The van der Waals surface area contributed by atoms with Gasteiger partial charge < -0.3 is 15.3 Å². The molecule has 3 rings (SSSR count). The van der Waals surface area contributed by atoms with Crippen LogP contribution in [0.5, 0.6) is 0 Å². The molecule has 1 saturated heterocycles. The first-order chi connectivity index (χ1) is 11.0. The van der Waals surface area contributed by atoms with Gasteiger partial charge in [0.2, 0.25) is 11.8 Å². The van der Waals surface area contributed by atoms with Crippen LogP contribution in [0.2, 0.25) is 0 Å². The molecule has 1 aliphatic heterocycles. The summed E-state index contributed by atoms with van der Waals surface area (Å²) in [6, 6.07) is 7.58. The zero-order valence-corrected chi connectivity index (χ0v) is 13.4. The van der Waals surface area contributed by atoms with E-state index in [1.54, 1.807) is 0 Å². The van der Waals surface area contributed by atoms with Crippen molar-refractivity contribution in [2.45, 2.75) is 57.1 Å². The average molecular weight is 316 g/mol. The van der Waals surface area contributed by atoms with Crippen LogP contribution in [0.4, 0.5) is 5.69 Å². The van der Waals surface area contributed by atoms with Gasteiger partial charge in [0.25, 0.3) is 0 Å². The molecule has 1 aromatic carbocycles. The maximum Gasteiger partial charge on any atom is 0.227 e. The molecule has 124 valence electrons. The van der Waals surface area contributed by atoms with E-state index in [0.717, 1.165) is 37.1 Å². The van der Waals surface area contributed by atoms with Crippen molar-refractivity contribution in [3.8, 4) is 0 Å². The number of aliphatic hydroxyl groups is 1. The Hall–Kier alpha value is -1.88. The molecule has 5 heteroatoms. The van der Waals surface area contributed by atoms with Crippen LogP contribution >= 0.6 is 0 Å². The molecule has 0 bridgehead atoms. The smallest absolute Gasteiger partial charge is 0.227 e. The van der Waals surface area contributed by atoms with Gasteiger partial charge in [0.05, 0.1) is 12.0 Å². The van der Waals surface area contributed by atoms with Gasteiger partial charge in [0.15, 0.2) is 0 Å². The summed E-state index contributed by atoms with van der Waals surface area (Å²) in [6.45, 7) is 1.46. The predicted molar refractivity (Wildman–Crippen MR) is 87.8 cm³/mol. The van der Waals surface area contributed by atoms with Gasteiger partial charge in [0.1, 0.15) is 0 Å². The molecular formula is C18H24N2O3. The summed E-state index contributed by atoms with van der Waals surface area (Å²) in [7, 11) is 0. The topological polar surface area (TPSA) is 69.6 Å². The molecule has 0 atom stereocenters. The lowest BCUT2D eigenvalue weighted by molar-refractivity contribution is -0.128. The summed E-state index contributed by atoms with van der Waals surface area (Å²) >= 11 is 0. The number of anilines is 1. The van der Waals surface area contributed by atoms with Crippen molar-refractivity contribution in [1.82, 2.24) is 4.90 Å². The molecule has 1 aromatic rings. The van der Waals surface area contributed by atoms with Gasteiger partial charge in [-0.3, -0.25) is 9.59 Å². The number of carbonyl (C=O) groups excluding carboxylic acids is 2. The number of hydrogen-bond donors (Lipinski definition) is 2. The Morgan fingerprint density at radius 1 is 1.17 bits per heavy atom. The van der Waals surface area contributed by atoms with Crippen LogP contribution in [0, 0.1) is 0 Å². The highest BCUT2D eigenvalue weighted by molar-refractivity contribution is 5.91. The van der Waals surface area contributed by atoms with Crippen molar-refractivity contribution in [3.05, 3.63) is 29.8 Å². The second-order valence-corrected chi connectivity index (χ2v) is 6.77. The van der Waals surface area contributed by atoms with E-state index < -0.39 is 5.60 Å². The zero-order valence-electron chi connectivity index (χ0n) is 13.4. The molecule has 0 radical (unpaired) electrons. The lowest BCUT2D eigenvalue weighted by atomic mass is 9.97. The molecule has 2 fully saturated rings. The van der Waals surface area contributed by atoms with Crippen LogP contribution in [0.1, 0.15) is 50.5 Å². The van der Waals surface area contributed by atoms with E-state index in [1.807, 2.05) is 29.2 Å². The highest BCUT2D eigenvalue weighted by Crippen LogP contribution is 2.32. The van der Waals surface area contributed by atoms with Crippen LogP contribution in [-0.4, -0.2) is 34.0 Å². The quantitative estimate of drug-likeness (QED) is 0.876. The van der Waals surface area contributed by atoms with Crippen molar-refractivity contribution in [1.29, 1.82) is 0 Å². The summed E-state index contributed by atoms with van der Waals surface area (Å²) in [5.74, 6) is 0.0732. The molecular weight excluding hydrogens is 292 g/mol. The Balaban J connectivity index is 1.52. The van der Waals surface area contributed by atoms with Gasteiger partial charge in [-0.15, -0.1) is 0 Å². The second-order valence-electron chi connectivity index (χ2n) is 6.77. The van der Waals surface area contributed by atoms with Crippen molar-refractivity contribution >= 4 is 17.5 Å². The summed E-state index contributed by atoms with van der Waals surface area (Å²) in [4.78, 5) is 25.6. The molecule has 1 saturated carbocycles. The van der Waals surface area contributed by atoms with E-state index >= 15 is 0 Å². The van der Waals surface area contributed by atoms with Crippen molar-refractivity contribution in [3.63, 3.8) is 0 Å². The summed E-state index contributed by atoms with van der Waals surface area (Å²) < 4.78 is 0. The number of nitrogens with one attached hydrogen (secondary N) is 1. The Kier molecular flexibility index (Phi) is 4.66. The van der Waals surface area contributed by atoms with Gasteiger partial charge >= 0.3 is 0 Å². The third-order valence-corrected chi connectivity index (χ3v) is 4.81. The molecule has 1 aliphatic carbocycles. The van der Waals surface area contributed by atoms with Crippen molar-refractivity contribution in [2.75, 3.05) is 11.9 Å². The van der Waals surface area contributed by atoms with Gasteiger partial charge in [-0.1, -0.05) is 25.0 Å². The van der Waals surface area contributed by atoms with Crippen LogP contribution in [0.25, 0.3) is 0 Å². The number of likely N-dealkylation sites (tertiary alicyclic amines) is 1. The van der Waals surface area contributed by atoms with E-state index in [9.17, 15) is 14.7 Å². The molecule has 0 unspecified atom stereocenters. The normalized spacial score (nSPS) is 20.0. The van der Waals surface area contributed by atoms with Crippen molar-refractivity contribution in [2.24, 2.45) is 0 Å². The largest absolute Gasteiger partial charge is 0.389 e. The molecule has 1 heterocycles. The van der Waals surface area contributed by atoms with Crippen LogP contribution in [0.3, 0.4) is 0 Å². The first kappa shape index (κ1) is 16.0. The maximum atomic E-state index is 12.1. The minimum absolute atomic E-state index is 0.142. The Morgan fingerprint density at radius 3 is 2.48 bits per heavy atom. The maximum absolute atomic E-state index is 12.1. The van der Waals surface area contributed by atoms with Gasteiger partial charge in [-0.25, -0.2) is 0 Å². The minimum atomic E-state index is -0.819. The zero-order chi connectivity index (χ0) is 16.3. The lowest BCUT2D eigenvalue weighted by Gasteiger charge is -2.21. The fraction of sp³-hybridized carbons (Fsp3) is 0.556. The molecule has 23 heavy (non-hydrogen) atoms. The molecule has 0 aromatic heterocycles. The highest BCUT2D eigenvalue weighted by Gasteiger charge is 2.33. The number of carbonyl (C=O) groups is 2. The van der Waals surface area contributed by atoms with Crippen LogP contribution in [0.15, 0.2) is 24.3 Å². The summed E-state index contributed by atoms with van der Waals surface area (Å²) in [5, 5.41) is 13.1.